The Morgan fingerprint density at radius 2 is 2.06 bits per heavy atom. The van der Waals surface area contributed by atoms with Crippen molar-refractivity contribution >= 4 is 28.7 Å². The molecule has 1 aromatic heterocycles. The summed E-state index contributed by atoms with van der Waals surface area (Å²) in [6.45, 7) is 5.09. The number of carbonyl (C=O) groups excluding carboxylic acids is 1. The number of hydrogen-bond acceptors (Lipinski definition) is 4. The Morgan fingerprint density at radius 1 is 1.29 bits per heavy atom. The predicted molar refractivity (Wildman–Crippen MR) is 129 cm³/mol. The fourth-order valence-electron chi connectivity index (χ4n) is 4.25. The molecule has 0 spiro atoms. The maximum Gasteiger partial charge on any atom is 0.211 e. The van der Waals surface area contributed by atoms with Gasteiger partial charge in [-0.2, -0.15) is 0 Å². The van der Waals surface area contributed by atoms with E-state index in [4.69, 9.17) is 5.73 Å². The van der Waals surface area contributed by atoms with Crippen molar-refractivity contribution in [1.29, 1.82) is 0 Å². The molecule has 6 heteroatoms. The van der Waals surface area contributed by atoms with Crippen molar-refractivity contribution in [3.63, 3.8) is 0 Å². The van der Waals surface area contributed by atoms with Gasteiger partial charge in [0.15, 0.2) is 0 Å². The molecule has 31 heavy (non-hydrogen) atoms. The molecule has 3 aromatic rings. The van der Waals surface area contributed by atoms with Crippen LogP contribution in [0.1, 0.15) is 49.1 Å². The van der Waals surface area contributed by atoms with Crippen molar-refractivity contribution in [2.75, 3.05) is 23.8 Å². The Hall–Kier alpha value is -2.83. The van der Waals surface area contributed by atoms with Gasteiger partial charge in [0.05, 0.1) is 17.5 Å². The first-order valence-corrected chi connectivity index (χ1v) is 11.0. The molecule has 0 fully saturated rings. The number of benzene rings is 2. The third-order valence-corrected chi connectivity index (χ3v) is 5.87. The van der Waals surface area contributed by atoms with Crippen molar-refractivity contribution in [2.24, 2.45) is 5.73 Å². The summed E-state index contributed by atoms with van der Waals surface area (Å²) in [4.78, 5) is 16.0. The first kappa shape index (κ1) is 22.8. The Labute approximate surface area is 184 Å². The number of hydrogen-bond donors (Lipinski definition) is 4. The van der Waals surface area contributed by atoms with E-state index in [0.717, 1.165) is 49.2 Å². The summed E-state index contributed by atoms with van der Waals surface area (Å²) in [5, 5.41) is 14.0. The first-order chi connectivity index (χ1) is 14.9. The van der Waals surface area contributed by atoms with E-state index in [1.165, 1.54) is 22.2 Å². The van der Waals surface area contributed by atoms with Crippen LogP contribution in [0, 0.1) is 6.92 Å². The van der Waals surface area contributed by atoms with Crippen molar-refractivity contribution in [2.45, 2.75) is 51.7 Å². The maximum atomic E-state index is 10.5. The summed E-state index contributed by atoms with van der Waals surface area (Å²) in [5.41, 5.74) is 12.3. The second-order valence-electron chi connectivity index (χ2n) is 8.38. The molecule has 2 aromatic carbocycles. The smallest absolute Gasteiger partial charge is 0.211 e. The first-order valence-electron chi connectivity index (χ1n) is 11.0. The Balaban J connectivity index is 0.000000176. The summed E-state index contributed by atoms with van der Waals surface area (Å²) in [7, 11) is 1.98. The number of aliphatic hydroxyl groups is 1. The number of nitrogens with two attached hydrogens (primary N) is 1. The number of aromatic nitrogens is 1. The molecule has 2 atom stereocenters. The summed E-state index contributed by atoms with van der Waals surface area (Å²) in [6, 6.07) is 14.3. The summed E-state index contributed by atoms with van der Waals surface area (Å²) >= 11 is 0. The number of H-pyrrole nitrogens is 1. The SMILES string of the molecule is CN1CCCC(O)c2cccc(NC=O)c21.Cc1[nH]c2ccccc2c1CCC(C)N. The Bertz CT molecular complexity index is 1010. The van der Waals surface area contributed by atoms with E-state index >= 15 is 0 Å². The molecule has 0 bridgehead atoms. The molecule has 6 nitrogen and oxygen atoms in total. The largest absolute Gasteiger partial charge is 0.388 e. The van der Waals surface area contributed by atoms with Crippen LogP contribution in [0.5, 0.6) is 0 Å². The highest BCUT2D eigenvalue weighted by Gasteiger charge is 2.21. The van der Waals surface area contributed by atoms with E-state index in [1.807, 2.05) is 25.2 Å². The molecule has 4 rings (SSSR count). The van der Waals surface area contributed by atoms with Crippen molar-refractivity contribution in [1.82, 2.24) is 4.98 Å². The van der Waals surface area contributed by atoms with Gasteiger partial charge in [-0.05, 0) is 57.2 Å². The summed E-state index contributed by atoms with van der Waals surface area (Å²) in [6.07, 6.45) is 4.06. The van der Waals surface area contributed by atoms with Crippen LogP contribution >= 0.6 is 0 Å². The van der Waals surface area contributed by atoms with Gasteiger partial charge in [-0.3, -0.25) is 4.79 Å². The van der Waals surface area contributed by atoms with Gasteiger partial charge >= 0.3 is 0 Å². The number of fused-ring (bicyclic) bond motifs is 2. The number of amides is 1. The molecule has 0 saturated carbocycles. The van der Waals surface area contributed by atoms with E-state index in [0.29, 0.717) is 6.41 Å². The minimum Gasteiger partial charge on any atom is -0.388 e. The lowest BCUT2D eigenvalue weighted by atomic mass is 10.0. The molecule has 1 aliphatic heterocycles. The number of nitrogens with one attached hydrogen (secondary N) is 2. The lowest BCUT2D eigenvalue weighted by molar-refractivity contribution is -0.105. The van der Waals surface area contributed by atoms with E-state index in [-0.39, 0.29) is 6.04 Å². The summed E-state index contributed by atoms with van der Waals surface area (Å²) < 4.78 is 0. The third-order valence-electron chi connectivity index (χ3n) is 5.87. The number of aliphatic hydroxyl groups excluding tert-OH is 1. The number of carbonyl (C=O) groups is 1. The number of para-hydroxylation sites is 2. The van der Waals surface area contributed by atoms with Gasteiger partial charge < -0.3 is 26.0 Å². The maximum absolute atomic E-state index is 10.5. The second kappa shape index (κ2) is 10.5. The zero-order chi connectivity index (χ0) is 22.4. The van der Waals surface area contributed by atoms with Crippen molar-refractivity contribution < 1.29 is 9.90 Å². The van der Waals surface area contributed by atoms with Gasteiger partial charge in [-0.1, -0.05) is 30.3 Å². The van der Waals surface area contributed by atoms with Gasteiger partial charge in [-0.25, -0.2) is 0 Å². The van der Waals surface area contributed by atoms with Crippen LogP contribution < -0.4 is 16.0 Å². The molecule has 166 valence electrons. The van der Waals surface area contributed by atoms with Crippen molar-refractivity contribution in [3.8, 4) is 0 Å². The normalized spacial score (nSPS) is 16.7. The number of aryl methyl sites for hydroxylation is 2. The molecule has 0 radical (unpaired) electrons. The van der Waals surface area contributed by atoms with Crippen LogP contribution in [0.25, 0.3) is 10.9 Å². The number of nitrogens with zero attached hydrogens (tertiary/aromatic N) is 1. The highest BCUT2D eigenvalue weighted by Crippen LogP contribution is 2.37. The zero-order valence-electron chi connectivity index (χ0n) is 18.7. The van der Waals surface area contributed by atoms with E-state index in [9.17, 15) is 9.90 Å². The number of aromatic amines is 1. The van der Waals surface area contributed by atoms with Gasteiger partial charge in [0.1, 0.15) is 0 Å². The molecule has 1 amide bonds. The minimum absolute atomic E-state index is 0.276. The molecular weight excluding hydrogens is 388 g/mol. The lowest BCUT2D eigenvalue weighted by Crippen LogP contribution is -2.19. The quantitative estimate of drug-likeness (QED) is 0.462. The molecule has 1 aliphatic rings. The fourth-order valence-corrected chi connectivity index (χ4v) is 4.25. The van der Waals surface area contributed by atoms with Crippen LogP contribution in [-0.2, 0) is 11.2 Å². The fraction of sp³-hybridized carbons (Fsp3) is 0.400. The van der Waals surface area contributed by atoms with Crippen LogP contribution in [0.3, 0.4) is 0 Å². The lowest BCUT2D eigenvalue weighted by Gasteiger charge is -2.23. The molecule has 0 saturated heterocycles. The zero-order valence-corrected chi connectivity index (χ0v) is 18.7. The minimum atomic E-state index is -0.437. The number of anilines is 2. The topological polar surface area (TPSA) is 94.4 Å². The molecule has 0 aliphatic carbocycles. The Kier molecular flexibility index (Phi) is 7.71. The van der Waals surface area contributed by atoms with Crippen LogP contribution in [0.2, 0.25) is 0 Å². The summed E-state index contributed by atoms with van der Waals surface area (Å²) in [5.74, 6) is 0. The van der Waals surface area contributed by atoms with E-state index in [1.54, 1.807) is 0 Å². The molecule has 5 N–H and O–H groups in total. The van der Waals surface area contributed by atoms with Gasteiger partial charge in [0.2, 0.25) is 6.41 Å². The average molecular weight is 423 g/mol. The standard InChI is InChI=1S/C13H18N2.C12H16N2O2/c1-9(14)7-8-11-10(2)15-13-6-4-3-5-12(11)13;1-14-7-3-6-11(16)9-4-2-5-10(12(9)14)13-8-15/h3-6,9,15H,7-8,14H2,1-2H3;2,4-5,8,11,16H,3,6-7H2,1H3,(H,13,15). The molecular formula is C25H34N4O2. The van der Waals surface area contributed by atoms with Gasteiger partial charge in [0.25, 0.3) is 0 Å². The number of rotatable bonds is 5. The van der Waals surface area contributed by atoms with Crippen LogP contribution in [0.4, 0.5) is 11.4 Å². The van der Waals surface area contributed by atoms with Crippen molar-refractivity contribution in [3.05, 3.63) is 59.3 Å². The highest BCUT2D eigenvalue weighted by molar-refractivity contribution is 5.85. The Morgan fingerprint density at radius 3 is 2.81 bits per heavy atom. The van der Waals surface area contributed by atoms with E-state index in [2.05, 4.69) is 53.3 Å². The highest BCUT2D eigenvalue weighted by atomic mass is 16.3. The van der Waals surface area contributed by atoms with Crippen LogP contribution in [0.15, 0.2) is 42.5 Å². The van der Waals surface area contributed by atoms with Crippen LogP contribution in [-0.4, -0.2) is 36.1 Å². The van der Waals surface area contributed by atoms with Gasteiger partial charge in [0, 0.05) is 41.8 Å². The van der Waals surface area contributed by atoms with Gasteiger partial charge in [-0.15, -0.1) is 0 Å². The third kappa shape index (κ3) is 5.46. The predicted octanol–water partition coefficient (Wildman–Crippen LogP) is 4.27. The molecule has 2 unspecified atom stereocenters. The molecule has 2 heterocycles. The monoisotopic (exact) mass is 422 g/mol. The average Bonchev–Trinajstić information content (AvgIpc) is 2.99. The van der Waals surface area contributed by atoms with E-state index < -0.39 is 6.10 Å². The second-order valence-corrected chi connectivity index (χ2v) is 8.38.